The summed E-state index contributed by atoms with van der Waals surface area (Å²) >= 11 is 6.15. The van der Waals surface area contributed by atoms with Gasteiger partial charge in [0.05, 0.1) is 6.10 Å². The van der Waals surface area contributed by atoms with Crippen LogP contribution in [0.3, 0.4) is 0 Å². The molecule has 1 aromatic rings. The third-order valence-corrected chi connectivity index (χ3v) is 4.29. The number of rotatable bonds is 4. The van der Waals surface area contributed by atoms with Crippen molar-refractivity contribution in [1.82, 2.24) is 4.90 Å². The number of piperidine rings is 1. The van der Waals surface area contributed by atoms with Gasteiger partial charge in [-0.05, 0) is 57.7 Å². The maximum absolute atomic E-state index is 12.6. The SMILES string of the molecule is CC(C)Oc1cccc(C(=O)N2CCC(C(C)Cl)CC2)c1. The summed E-state index contributed by atoms with van der Waals surface area (Å²) in [6, 6.07) is 7.45. The van der Waals surface area contributed by atoms with Crippen molar-refractivity contribution in [3.63, 3.8) is 0 Å². The largest absolute Gasteiger partial charge is 0.491 e. The van der Waals surface area contributed by atoms with Crippen LogP contribution in [0.25, 0.3) is 0 Å². The van der Waals surface area contributed by atoms with E-state index in [1.807, 2.05) is 49.9 Å². The highest BCUT2D eigenvalue weighted by Gasteiger charge is 2.26. The minimum absolute atomic E-state index is 0.0879. The number of hydrogen-bond donors (Lipinski definition) is 0. The fraction of sp³-hybridized carbons (Fsp3) is 0.588. The summed E-state index contributed by atoms with van der Waals surface area (Å²) in [4.78, 5) is 14.5. The molecule has 1 aromatic carbocycles. The molecular weight excluding hydrogens is 286 g/mol. The number of alkyl halides is 1. The monoisotopic (exact) mass is 309 g/mol. The van der Waals surface area contributed by atoms with Gasteiger partial charge in [0.25, 0.3) is 5.91 Å². The van der Waals surface area contributed by atoms with E-state index in [1.165, 1.54) is 0 Å². The van der Waals surface area contributed by atoms with Gasteiger partial charge in [-0.1, -0.05) is 6.07 Å². The van der Waals surface area contributed by atoms with Crippen LogP contribution in [0.2, 0.25) is 0 Å². The summed E-state index contributed by atoms with van der Waals surface area (Å²) in [5, 5.41) is 0.185. The molecule has 0 saturated carbocycles. The Morgan fingerprint density at radius 3 is 2.52 bits per heavy atom. The van der Waals surface area contributed by atoms with Crippen molar-refractivity contribution in [3.05, 3.63) is 29.8 Å². The van der Waals surface area contributed by atoms with Crippen molar-refractivity contribution in [3.8, 4) is 5.75 Å². The quantitative estimate of drug-likeness (QED) is 0.788. The maximum atomic E-state index is 12.6. The van der Waals surface area contributed by atoms with E-state index >= 15 is 0 Å². The number of carbonyl (C=O) groups is 1. The Bertz CT molecular complexity index is 479. The van der Waals surface area contributed by atoms with Gasteiger partial charge >= 0.3 is 0 Å². The van der Waals surface area contributed by atoms with E-state index in [1.54, 1.807) is 0 Å². The van der Waals surface area contributed by atoms with Gasteiger partial charge in [-0.3, -0.25) is 4.79 Å². The lowest BCUT2D eigenvalue weighted by molar-refractivity contribution is 0.0689. The zero-order valence-corrected chi connectivity index (χ0v) is 13.8. The van der Waals surface area contributed by atoms with E-state index in [-0.39, 0.29) is 17.4 Å². The molecular formula is C17H24ClNO2. The van der Waals surface area contributed by atoms with Crippen molar-refractivity contribution in [2.75, 3.05) is 13.1 Å². The predicted molar refractivity (Wildman–Crippen MR) is 86.1 cm³/mol. The van der Waals surface area contributed by atoms with Gasteiger partial charge in [0.15, 0.2) is 0 Å². The smallest absolute Gasteiger partial charge is 0.253 e. The molecule has 0 N–H and O–H groups in total. The van der Waals surface area contributed by atoms with Crippen molar-refractivity contribution < 1.29 is 9.53 Å². The van der Waals surface area contributed by atoms with Gasteiger partial charge in [0, 0.05) is 24.0 Å². The molecule has 1 heterocycles. The average molecular weight is 310 g/mol. The van der Waals surface area contributed by atoms with Crippen LogP contribution >= 0.6 is 11.6 Å². The van der Waals surface area contributed by atoms with Crippen LogP contribution in [-0.2, 0) is 0 Å². The molecule has 1 amide bonds. The van der Waals surface area contributed by atoms with Gasteiger partial charge < -0.3 is 9.64 Å². The molecule has 1 saturated heterocycles. The lowest BCUT2D eigenvalue weighted by atomic mass is 9.93. The van der Waals surface area contributed by atoms with Crippen LogP contribution in [0.1, 0.15) is 44.0 Å². The predicted octanol–water partition coefficient (Wildman–Crippen LogP) is 3.95. The van der Waals surface area contributed by atoms with E-state index in [0.29, 0.717) is 11.5 Å². The Morgan fingerprint density at radius 1 is 1.29 bits per heavy atom. The third-order valence-electron chi connectivity index (χ3n) is 3.93. The summed E-state index contributed by atoms with van der Waals surface area (Å²) in [6.07, 6.45) is 2.08. The second-order valence-electron chi connectivity index (χ2n) is 6.00. The molecule has 0 aromatic heterocycles. The molecule has 1 unspecified atom stereocenters. The topological polar surface area (TPSA) is 29.5 Å². The molecule has 116 valence electrons. The number of benzene rings is 1. The number of ether oxygens (including phenoxy) is 1. The van der Waals surface area contributed by atoms with Crippen LogP contribution in [-0.4, -0.2) is 35.4 Å². The Kier molecular flexibility index (Phi) is 5.51. The van der Waals surface area contributed by atoms with E-state index in [0.717, 1.165) is 31.7 Å². The number of halogens is 1. The van der Waals surface area contributed by atoms with Gasteiger partial charge in [-0.25, -0.2) is 0 Å². The van der Waals surface area contributed by atoms with Gasteiger partial charge in [0.1, 0.15) is 5.75 Å². The second kappa shape index (κ2) is 7.17. The van der Waals surface area contributed by atoms with E-state index in [4.69, 9.17) is 16.3 Å². The molecule has 1 fully saturated rings. The zero-order valence-electron chi connectivity index (χ0n) is 13.0. The Hall–Kier alpha value is -1.22. The van der Waals surface area contributed by atoms with E-state index in [9.17, 15) is 4.79 Å². The minimum atomic E-state index is 0.0879. The molecule has 1 aliphatic heterocycles. The number of nitrogens with zero attached hydrogens (tertiary/aromatic N) is 1. The van der Waals surface area contributed by atoms with Gasteiger partial charge in [-0.15, -0.1) is 11.6 Å². The Balaban J connectivity index is 2.00. The Labute approximate surface area is 132 Å². The molecule has 0 radical (unpaired) electrons. The van der Waals surface area contributed by atoms with Crippen LogP contribution in [0.5, 0.6) is 5.75 Å². The van der Waals surface area contributed by atoms with Crippen molar-refractivity contribution in [1.29, 1.82) is 0 Å². The molecule has 4 heteroatoms. The van der Waals surface area contributed by atoms with Crippen LogP contribution in [0.15, 0.2) is 24.3 Å². The average Bonchev–Trinajstić information content (AvgIpc) is 2.46. The number of hydrogen-bond acceptors (Lipinski definition) is 2. The number of carbonyl (C=O) groups excluding carboxylic acids is 1. The summed E-state index contributed by atoms with van der Waals surface area (Å²) in [5.41, 5.74) is 0.700. The summed E-state index contributed by atoms with van der Waals surface area (Å²) in [7, 11) is 0. The first-order valence-electron chi connectivity index (χ1n) is 7.67. The lowest BCUT2D eigenvalue weighted by Gasteiger charge is -2.33. The standard InChI is InChI=1S/C17H24ClNO2/c1-12(2)21-16-6-4-5-15(11-16)17(20)19-9-7-14(8-10-19)13(3)18/h4-6,11-14H,7-10H2,1-3H3. The minimum Gasteiger partial charge on any atom is -0.491 e. The summed E-state index contributed by atoms with van der Waals surface area (Å²) < 4.78 is 5.65. The first-order valence-corrected chi connectivity index (χ1v) is 8.11. The van der Waals surface area contributed by atoms with Crippen molar-refractivity contribution >= 4 is 17.5 Å². The van der Waals surface area contributed by atoms with Crippen LogP contribution in [0.4, 0.5) is 0 Å². The first-order chi connectivity index (χ1) is 9.97. The molecule has 2 rings (SSSR count). The van der Waals surface area contributed by atoms with E-state index < -0.39 is 0 Å². The maximum Gasteiger partial charge on any atom is 0.253 e. The highest BCUT2D eigenvalue weighted by Crippen LogP contribution is 2.25. The molecule has 21 heavy (non-hydrogen) atoms. The van der Waals surface area contributed by atoms with Gasteiger partial charge in [-0.2, -0.15) is 0 Å². The van der Waals surface area contributed by atoms with Crippen molar-refractivity contribution in [2.24, 2.45) is 5.92 Å². The molecule has 3 nitrogen and oxygen atoms in total. The summed E-state index contributed by atoms with van der Waals surface area (Å²) in [6.45, 7) is 7.57. The second-order valence-corrected chi connectivity index (χ2v) is 6.69. The third kappa shape index (κ3) is 4.37. The molecule has 1 atom stereocenters. The van der Waals surface area contributed by atoms with Gasteiger partial charge in [0.2, 0.25) is 0 Å². The molecule has 1 aliphatic rings. The lowest BCUT2D eigenvalue weighted by Crippen LogP contribution is -2.40. The van der Waals surface area contributed by atoms with E-state index in [2.05, 4.69) is 0 Å². The molecule has 0 spiro atoms. The normalized spacial score (nSPS) is 17.9. The molecule has 0 aliphatic carbocycles. The first kappa shape index (κ1) is 16.2. The van der Waals surface area contributed by atoms with Crippen LogP contribution < -0.4 is 4.74 Å². The molecule has 0 bridgehead atoms. The highest BCUT2D eigenvalue weighted by atomic mass is 35.5. The summed E-state index contributed by atoms with van der Waals surface area (Å²) in [5.74, 6) is 1.36. The van der Waals surface area contributed by atoms with Crippen LogP contribution in [0, 0.1) is 5.92 Å². The fourth-order valence-electron chi connectivity index (χ4n) is 2.72. The Morgan fingerprint density at radius 2 is 1.95 bits per heavy atom. The highest BCUT2D eigenvalue weighted by molar-refractivity contribution is 6.20. The van der Waals surface area contributed by atoms with Crippen molar-refractivity contribution in [2.45, 2.75) is 45.1 Å². The zero-order chi connectivity index (χ0) is 15.4. The number of likely N-dealkylation sites (tertiary alicyclic amines) is 1. The fourth-order valence-corrected chi connectivity index (χ4v) is 2.97. The number of amides is 1.